The van der Waals surface area contributed by atoms with Gasteiger partial charge < -0.3 is 15.2 Å². The monoisotopic (exact) mass is 273 g/mol. The minimum Gasteiger partial charge on any atom is -0.503 e. The van der Waals surface area contributed by atoms with Crippen LogP contribution in [0.3, 0.4) is 0 Å². The number of phenolic OH excluding ortho intramolecular Hbond substituents is 1. The van der Waals surface area contributed by atoms with Crippen LogP contribution in [-0.2, 0) is 6.54 Å². The van der Waals surface area contributed by atoms with Crippen molar-refractivity contribution in [3.05, 3.63) is 22.2 Å². The molecule has 0 heterocycles. The van der Waals surface area contributed by atoms with Crippen LogP contribution in [0, 0.1) is 0 Å². The van der Waals surface area contributed by atoms with Crippen molar-refractivity contribution in [2.75, 3.05) is 7.11 Å². The van der Waals surface area contributed by atoms with Crippen molar-refractivity contribution in [3.8, 4) is 11.5 Å². The standard InChI is InChI=1S/C11H16BrNO2/c1-7(2)13-6-8-4-9(12)11(14)10(5-8)15-3/h4-5,7,13-14H,6H2,1-3H3. The van der Waals surface area contributed by atoms with Gasteiger partial charge in [0.05, 0.1) is 11.6 Å². The summed E-state index contributed by atoms with van der Waals surface area (Å²) in [6.07, 6.45) is 0. The highest BCUT2D eigenvalue weighted by atomic mass is 79.9. The van der Waals surface area contributed by atoms with Crippen LogP contribution < -0.4 is 10.1 Å². The molecule has 0 aliphatic heterocycles. The van der Waals surface area contributed by atoms with Gasteiger partial charge in [0, 0.05) is 12.6 Å². The third kappa shape index (κ3) is 3.39. The summed E-state index contributed by atoms with van der Waals surface area (Å²) in [6.45, 7) is 4.94. The summed E-state index contributed by atoms with van der Waals surface area (Å²) >= 11 is 3.29. The van der Waals surface area contributed by atoms with E-state index in [0.717, 1.165) is 12.1 Å². The molecule has 15 heavy (non-hydrogen) atoms. The van der Waals surface area contributed by atoms with E-state index in [1.165, 1.54) is 0 Å². The zero-order chi connectivity index (χ0) is 11.4. The molecule has 0 spiro atoms. The lowest BCUT2D eigenvalue weighted by atomic mass is 10.2. The molecule has 0 radical (unpaired) electrons. The van der Waals surface area contributed by atoms with Crippen molar-refractivity contribution < 1.29 is 9.84 Å². The van der Waals surface area contributed by atoms with Crippen LogP contribution in [-0.4, -0.2) is 18.3 Å². The molecule has 0 aromatic heterocycles. The smallest absolute Gasteiger partial charge is 0.172 e. The molecule has 1 aromatic rings. The number of ether oxygens (including phenoxy) is 1. The maximum absolute atomic E-state index is 9.61. The first-order chi connectivity index (χ1) is 7.04. The van der Waals surface area contributed by atoms with E-state index in [9.17, 15) is 5.11 Å². The normalized spacial score (nSPS) is 10.7. The van der Waals surface area contributed by atoms with Crippen molar-refractivity contribution in [2.45, 2.75) is 26.4 Å². The van der Waals surface area contributed by atoms with Crippen LogP contribution in [0.4, 0.5) is 0 Å². The summed E-state index contributed by atoms with van der Waals surface area (Å²) in [5.41, 5.74) is 1.07. The number of methoxy groups -OCH3 is 1. The van der Waals surface area contributed by atoms with Gasteiger partial charge in [0.2, 0.25) is 0 Å². The first kappa shape index (κ1) is 12.3. The molecule has 0 atom stereocenters. The van der Waals surface area contributed by atoms with Gasteiger partial charge in [0.1, 0.15) is 0 Å². The number of rotatable bonds is 4. The molecular formula is C11H16BrNO2. The van der Waals surface area contributed by atoms with E-state index in [2.05, 4.69) is 35.1 Å². The predicted molar refractivity (Wildman–Crippen MR) is 64.3 cm³/mol. The molecular weight excluding hydrogens is 258 g/mol. The second-order valence-electron chi connectivity index (χ2n) is 3.66. The van der Waals surface area contributed by atoms with Gasteiger partial charge >= 0.3 is 0 Å². The number of aromatic hydroxyl groups is 1. The van der Waals surface area contributed by atoms with Gasteiger partial charge in [0.25, 0.3) is 0 Å². The second-order valence-corrected chi connectivity index (χ2v) is 4.52. The Morgan fingerprint density at radius 2 is 2.13 bits per heavy atom. The Morgan fingerprint density at radius 1 is 1.47 bits per heavy atom. The zero-order valence-corrected chi connectivity index (χ0v) is 10.8. The summed E-state index contributed by atoms with van der Waals surface area (Å²) in [6, 6.07) is 4.14. The Balaban J connectivity index is 2.86. The summed E-state index contributed by atoms with van der Waals surface area (Å²) < 4.78 is 5.72. The third-order valence-corrected chi connectivity index (χ3v) is 2.63. The van der Waals surface area contributed by atoms with E-state index in [0.29, 0.717) is 16.3 Å². The fourth-order valence-corrected chi connectivity index (χ4v) is 1.70. The second kappa shape index (κ2) is 5.37. The Bertz CT molecular complexity index is 340. The van der Waals surface area contributed by atoms with Crippen LogP contribution in [0.15, 0.2) is 16.6 Å². The largest absolute Gasteiger partial charge is 0.503 e. The highest BCUT2D eigenvalue weighted by Gasteiger charge is 2.08. The zero-order valence-electron chi connectivity index (χ0n) is 9.17. The molecule has 0 bridgehead atoms. The van der Waals surface area contributed by atoms with Gasteiger partial charge in [0.15, 0.2) is 11.5 Å². The Morgan fingerprint density at radius 3 is 2.67 bits per heavy atom. The van der Waals surface area contributed by atoms with E-state index >= 15 is 0 Å². The number of benzene rings is 1. The lowest BCUT2D eigenvalue weighted by molar-refractivity contribution is 0.371. The topological polar surface area (TPSA) is 41.5 Å². The average Bonchev–Trinajstić information content (AvgIpc) is 2.19. The first-order valence-electron chi connectivity index (χ1n) is 4.83. The van der Waals surface area contributed by atoms with E-state index in [1.807, 2.05) is 12.1 Å². The van der Waals surface area contributed by atoms with Crippen molar-refractivity contribution in [3.63, 3.8) is 0 Å². The van der Waals surface area contributed by atoms with Gasteiger partial charge in [-0.05, 0) is 33.6 Å². The van der Waals surface area contributed by atoms with Crippen LogP contribution in [0.2, 0.25) is 0 Å². The third-order valence-electron chi connectivity index (χ3n) is 2.02. The molecule has 0 fully saturated rings. The fourth-order valence-electron chi connectivity index (χ4n) is 1.21. The molecule has 0 amide bonds. The quantitative estimate of drug-likeness (QED) is 0.887. The van der Waals surface area contributed by atoms with Gasteiger partial charge in [-0.15, -0.1) is 0 Å². The fraction of sp³-hybridized carbons (Fsp3) is 0.455. The van der Waals surface area contributed by atoms with Crippen molar-refractivity contribution >= 4 is 15.9 Å². The number of nitrogens with one attached hydrogen (secondary N) is 1. The maximum Gasteiger partial charge on any atom is 0.172 e. The molecule has 4 heteroatoms. The molecule has 2 N–H and O–H groups in total. The summed E-state index contributed by atoms with van der Waals surface area (Å²) in [5, 5.41) is 12.9. The van der Waals surface area contributed by atoms with Crippen molar-refractivity contribution in [1.29, 1.82) is 0 Å². The van der Waals surface area contributed by atoms with Crippen LogP contribution >= 0.6 is 15.9 Å². The number of halogens is 1. The average molecular weight is 274 g/mol. The van der Waals surface area contributed by atoms with Gasteiger partial charge in [-0.1, -0.05) is 13.8 Å². The Hall–Kier alpha value is -0.740. The lowest BCUT2D eigenvalue weighted by Gasteiger charge is -2.11. The summed E-state index contributed by atoms with van der Waals surface area (Å²) in [4.78, 5) is 0. The Kier molecular flexibility index (Phi) is 4.42. The predicted octanol–water partition coefficient (Wildman–Crippen LogP) is 2.66. The van der Waals surface area contributed by atoms with Crippen LogP contribution in [0.1, 0.15) is 19.4 Å². The minimum atomic E-state index is 0.144. The van der Waals surface area contributed by atoms with E-state index in [-0.39, 0.29) is 5.75 Å². The summed E-state index contributed by atoms with van der Waals surface area (Å²) in [5.74, 6) is 0.635. The molecule has 0 aliphatic rings. The van der Waals surface area contributed by atoms with Crippen LogP contribution in [0.25, 0.3) is 0 Å². The molecule has 1 aromatic carbocycles. The summed E-state index contributed by atoms with van der Waals surface area (Å²) in [7, 11) is 1.54. The minimum absolute atomic E-state index is 0.144. The van der Waals surface area contributed by atoms with Gasteiger partial charge in [-0.25, -0.2) is 0 Å². The highest BCUT2D eigenvalue weighted by molar-refractivity contribution is 9.10. The van der Waals surface area contributed by atoms with E-state index in [4.69, 9.17) is 4.74 Å². The van der Waals surface area contributed by atoms with Crippen molar-refractivity contribution in [1.82, 2.24) is 5.32 Å². The van der Waals surface area contributed by atoms with E-state index in [1.54, 1.807) is 7.11 Å². The number of phenols is 1. The van der Waals surface area contributed by atoms with E-state index < -0.39 is 0 Å². The first-order valence-corrected chi connectivity index (χ1v) is 5.62. The molecule has 1 rings (SSSR count). The molecule has 0 aliphatic carbocycles. The number of hydrogen-bond acceptors (Lipinski definition) is 3. The maximum atomic E-state index is 9.61. The molecule has 0 saturated carbocycles. The van der Waals surface area contributed by atoms with Crippen LogP contribution in [0.5, 0.6) is 11.5 Å². The van der Waals surface area contributed by atoms with Gasteiger partial charge in [-0.3, -0.25) is 0 Å². The van der Waals surface area contributed by atoms with Crippen molar-refractivity contribution in [2.24, 2.45) is 0 Å². The molecule has 84 valence electrons. The highest BCUT2D eigenvalue weighted by Crippen LogP contribution is 2.35. The molecule has 0 saturated heterocycles. The molecule has 3 nitrogen and oxygen atoms in total. The SMILES string of the molecule is COc1cc(CNC(C)C)cc(Br)c1O. The number of hydrogen-bond donors (Lipinski definition) is 2. The van der Waals surface area contributed by atoms with Gasteiger partial charge in [-0.2, -0.15) is 0 Å². The lowest BCUT2D eigenvalue weighted by Crippen LogP contribution is -2.21. The Labute approximate surface area is 98.6 Å². The molecule has 0 unspecified atom stereocenters.